The summed E-state index contributed by atoms with van der Waals surface area (Å²) in [5.41, 5.74) is 2.45. The highest BCUT2D eigenvalue weighted by Crippen LogP contribution is 2.06. The Kier molecular flexibility index (Phi) is 5.12. The lowest BCUT2D eigenvalue weighted by Gasteiger charge is -2.00. The van der Waals surface area contributed by atoms with E-state index in [4.69, 9.17) is 0 Å². The molecule has 0 aliphatic carbocycles. The van der Waals surface area contributed by atoms with Crippen LogP contribution < -0.4 is 14.8 Å². The fraction of sp³-hybridized carbons (Fsp3) is 0.0952. The number of nitriles is 2. The number of benzene rings is 2. The zero-order valence-electron chi connectivity index (χ0n) is 14.1. The predicted octanol–water partition coefficient (Wildman–Crippen LogP) is 2.49. The van der Waals surface area contributed by atoms with Crippen LogP contribution in [0.5, 0.6) is 0 Å². The van der Waals surface area contributed by atoms with E-state index >= 15 is 0 Å². The Bertz CT molecular complexity index is 1170. The monoisotopic (exact) mass is 357 g/mol. The van der Waals surface area contributed by atoms with Crippen molar-refractivity contribution in [1.29, 1.82) is 10.5 Å². The largest absolute Gasteiger partial charge is 0.273 e. The summed E-state index contributed by atoms with van der Waals surface area (Å²) in [6.45, 7) is 2.09. The Morgan fingerprint density at radius 2 is 1.73 bits per heavy atom. The molecule has 0 spiro atoms. The molecule has 0 aliphatic rings. The molecule has 0 saturated heterocycles. The van der Waals surface area contributed by atoms with Crippen molar-refractivity contribution < 1.29 is 0 Å². The van der Waals surface area contributed by atoms with Gasteiger partial charge in [-0.3, -0.25) is 9.36 Å². The van der Waals surface area contributed by atoms with E-state index in [-0.39, 0.29) is 11.1 Å². The molecule has 5 heteroatoms. The molecular formula is C21H15N3OS. The zero-order valence-corrected chi connectivity index (χ0v) is 15.0. The van der Waals surface area contributed by atoms with Gasteiger partial charge < -0.3 is 0 Å². The van der Waals surface area contributed by atoms with Gasteiger partial charge in [0.25, 0.3) is 5.56 Å². The molecule has 0 unspecified atom stereocenters. The van der Waals surface area contributed by atoms with Gasteiger partial charge in [-0.1, -0.05) is 49.4 Å². The van der Waals surface area contributed by atoms with Crippen molar-refractivity contribution in [3.63, 3.8) is 0 Å². The van der Waals surface area contributed by atoms with Crippen molar-refractivity contribution in [3.05, 3.63) is 85.3 Å². The van der Waals surface area contributed by atoms with Crippen molar-refractivity contribution in [2.24, 2.45) is 0 Å². The van der Waals surface area contributed by atoms with Gasteiger partial charge in [-0.25, -0.2) is 0 Å². The fourth-order valence-corrected chi connectivity index (χ4v) is 3.64. The number of thiazole rings is 1. The van der Waals surface area contributed by atoms with Gasteiger partial charge in [0.05, 0.1) is 10.2 Å². The first kappa shape index (κ1) is 17.4. The van der Waals surface area contributed by atoms with Crippen LogP contribution in [0.1, 0.15) is 18.1 Å². The lowest BCUT2D eigenvalue weighted by molar-refractivity contribution is 0.988. The standard InChI is InChI=1S/C21H15N3OS/c1-2-15-8-10-16(11-9-15)12-19-20(25)24(18-6-4-3-5-7-18)21(26-19)17(13-22)14-23/h3-12H,2H2,1H3/b19-12-. The Morgan fingerprint density at radius 1 is 1.08 bits per heavy atom. The molecule has 1 aromatic heterocycles. The normalized spacial score (nSPS) is 11.0. The lowest BCUT2D eigenvalue weighted by Crippen LogP contribution is -2.30. The highest BCUT2D eigenvalue weighted by molar-refractivity contribution is 7.07. The second kappa shape index (κ2) is 7.65. The van der Waals surface area contributed by atoms with E-state index in [1.165, 1.54) is 10.1 Å². The van der Waals surface area contributed by atoms with Crippen molar-refractivity contribution in [2.45, 2.75) is 13.3 Å². The first-order valence-corrected chi connectivity index (χ1v) is 8.92. The molecule has 0 aliphatic heterocycles. The fourth-order valence-electron chi connectivity index (χ4n) is 2.58. The summed E-state index contributed by atoms with van der Waals surface area (Å²) in [5, 5.41) is 18.5. The third-order valence-electron chi connectivity index (χ3n) is 3.96. The van der Waals surface area contributed by atoms with Crippen molar-refractivity contribution in [3.8, 4) is 17.8 Å². The van der Waals surface area contributed by atoms with Gasteiger partial charge in [-0.05, 0) is 35.8 Å². The zero-order chi connectivity index (χ0) is 18.5. The molecule has 4 nitrogen and oxygen atoms in total. The van der Waals surface area contributed by atoms with Gasteiger partial charge >= 0.3 is 0 Å². The number of rotatable bonds is 3. The molecule has 126 valence electrons. The van der Waals surface area contributed by atoms with Gasteiger partial charge in [-0.15, -0.1) is 11.3 Å². The number of nitrogens with zero attached hydrogens (tertiary/aromatic N) is 3. The van der Waals surface area contributed by atoms with E-state index in [1.54, 1.807) is 18.2 Å². The summed E-state index contributed by atoms with van der Waals surface area (Å²) in [6, 6.07) is 20.8. The van der Waals surface area contributed by atoms with Gasteiger partial charge in [0.1, 0.15) is 16.8 Å². The maximum Gasteiger partial charge on any atom is 0.273 e. The highest BCUT2D eigenvalue weighted by atomic mass is 32.1. The van der Waals surface area contributed by atoms with Crippen LogP contribution in [0.25, 0.3) is 17.3 Å². The molecule has 26 heavy (non-hydrogen) atoms. The number of aryl methyl sites for hydroxylation is 1. The highest BCUT2D eigenvalue weighted by Gasteiger charge is 2.10. The summed E-state index contributed by atoms with van der Waals surface area (Å²) in [4.78, 5) is 13.0. The van der Waals surface area contributed by atoms with Gasteiger partial charge in [0, 0.05) is 0 Å². The molecular weight excluding hydrogens is 342 g/mol. The number of aromatic nitrogens is 1. The summed E-state index contributed by atoms with van der Waals surface area (Å²) < 4.78 is 2.26. The molecule has 0 N–H and O–H groups in total. The number of hydrogen-bond donors (Lipinski definition) is 0. The molecule has 0 radical (unpaired) electrons. The second-order valence-electron chi connectivity index (χ2n) is 5.59. The van der Waals surface area contributed by atoms with Crippen LogP contribution in [0.2, 0.25) is 0 Å². The molecule has 2 aromatic carbocycles. The minimum absolute atomic E-state index is 0.0723. The Balaban J connectivity index is 2.32. The first-order chi connectivity index (χ1) is 12.7. The van der Waals surface area contributed by atoms with Crippen LogP contribution in [0.15, 0.2) is 59.4 Å². The second-order valence-corrected chi connectivity index (χ2v) is 6.62. The quantitative estimate of drug-likeness (QED) is 0.723. The molecule has 0 amide bonds. The van der Waals surface area contributed by atoms with Crippen LogP contribution in [0.4, 0.5) is 0 Å². The lowest BCUT2D eigenvalue weighted by atomic mass is 10.1. The third kappa shape index (κ3) is 3.35. The van der Waals surface area contributed by atoms with Crippen LogP contribution >= 0.6 is 11.3 Å². The molecule has 0 atom stereocenters. The topological polar surface area (TPSA) is 69.6 Å². The van der Waals surface area contributed by atoms with Crippen LogP contribution in [-0.2, 0) is 6.42 Å². The first-order valence-electron chi connectivity index (χ1n) is 8.10. The van der Waals surface area contributed by atoms with Crippen molar-refractivity contribution >= 4 is 23.0 Å². The maximum absolute atomic E-state index is 13.0. The summed E-state index contributed by atoms with van der Waals surface area (Å²) in [5.74, 6) is 0. The van der Waals surface area contributed by atoms with Crippen molar-refractivity contribution in [2.75, 3.05) is 0 Å². The summed E-state index contributed by atoms with van der Waals surface area (Å²) >= 11 is 1.16. The van der Waals surface area contributed by atoms with Crippen LogP contribution in [0, 0.1) is 22.7 Å². The van der Waals surface area contributed by atoms with Crippen LogP contribution in [-0.4, -0.2) is 4.57 Å². The minimum Gasteiger partial charge on any atom is -0.267 e. The van der Waals surface area contributed by atoms with E-state index in [0.717, 1.165) is 23.3 Å². The SMILES string of the molecule is CCc1ccc(/C=c2\sc(=C(C#N)C#N)n(-c3ccccc3)c2=O)cc1. The van der Waals surface area contributed by atoms with E-state index in [2.05, 4.69) is 6.92 Å². The Hall–Kier alpha value is -3.41. The molecule has 0 bridgehead atoms. The van der Waals surface area contributed by atoms with Gasteiger partial charge in [-0.2, -0.15) is 10.5 Å². The van der Waals surface area contributed by atoms with E-state index in [1.807, 2.05) is 54.6 Å². The molecule has 3 rings (SSSR count). The number of hydrogen-bond acceptors (Lipinski definition) is 4. The average molecular weight is 357 g/mol. The summed E-state index contributed by atoms with van der Waals surface area (Å²) in [7, 11) is 0. The van der Waals surface area contributed by atoms with Crippen LogP contribution in [0.3, 0.4) is 0 Å². The van der Waals surface area contributed by atoms with Gasteiger partial charge in [0.15, 0.2) is 5.57 Å². The van der Waals surface area contributed by atoms with Gasteiger partial charge in [0.2, 0.25) is 0 Å². The van der Waals surface area contributed by atoms with E-state index in [9.17, 15) is 15.3 Å². The Morgan fingerprint density at radius 3 is 2.31 bits per heavy atom. The van der Waals surface area contributed by atoms with E-state index < -0.39 is 0 Å². The van der Waals surface area contributed by atoms with Crippen molar-refractivity contribution in [1.82, 2.24) is 4.57 Å². The third-order valence-corrected chi connectivity index (χ3v) is 5.05. The minimum atomic E-state index is -0.237. The average Bonchev–Trinajstić information content (AvgIpc) is 3.00. The Labute approximate surface area is 154 Å². The molecule has 0 saturated carbocycles. The maximum atomic E-state index is 13.0. The molecule has 0 fully saturated rings. The summed E-state index contributed by atoms with van der Waals surface area (Å²) in [6.07, 6.45) is 2.74. The molecule has 3 aromatic rings. The predicted molar refractivity (Wildman–Crippen MR) is 103 cm³/mol. The number of para-hydroxylation sites is 1. The molecule has 1 heterocycles. The smallest absolute Gasteiger partial charge is 0.267 e. The van der Waals surface area contributed by atoms with E-state index in [0.29, 0.717) is 14.9 Å².